The molecule has 3 aromatic rings. The third-order valence-corrected chi connectivity index (χ3v) is 4.39. The van der Waals surface area contributed by atoms with Crippen LogP contribution < -0.4 is 5.32 Å². The van der Waals surface area contributed by atoms with Crippen LogP contribution in [0.5, 0.6) is 0 Å². The lowest BCUT2D eigenvalue weighted by Gasteiger charge is -2.03. The first kappa shape index (κ1) is 14.0. The minimum absolute atomic E-state index is 0.170. The fraction of sp³-hybridized carbons (Fsp3) is 0.0625. The number of carbonyl (C=O) groups is 1. The number of carbonyl (C=O) groups excluding carboxylic acids is 1. The van der Waals surface area contributed by atoms with Gasteiger partial charge in [-0.1, -0.05) is 23.7 Å². The van der Waals surface area contributed by atoms with Gasteiger partial charge in [-0.25, -0.2) is 4.39 Å². The molecule has 0 spiro atoms. The van der Waals surface area contributed by atoms with Crippen molar-refractivity contribution < 1.29 is 9.18 Å². The van der Waals surface area contributed by atoms with Crippen LogP contribution in [0.1, 0.15) is 15.2 Å². The topological polar surface area (TPSA) is 29.1 Å². The molecule has 1 aromatic heterocycles. The standard InChI is InChI=1S/C16H11ClFNOS/c17-12-3-1-2-10(6-12)9-19-16(20)15-8-11-7-13(18)4-5-14(11)21-15/h1-8H,9H2,(H,19,20). The first-order valence-electron chi connectivity index (χ1n) is 6.33. The summed E-state index contributed by atoms with van der Waals surface area (Å²) in [6.45, 7) is 0.405. The molecular formula is C16H11ClFNOS. The third-order valence-electron chi connectivity index (χ3n) is 3.04. The zero-order chi connectivity index (χ0) is 14.8. The Labute approximate surface area is 130 Å². The van der Waals surface area contributed by atoms with Gasteiger partial charge in [-0.3, -0.25) is 4.79 Å². The van der Waals surface area contributed by atoms with Gasteiger partial charge in [0.05, 0.1) is 4.88 Å². The number of benzene rings is 2. The quantitative estimate of drug-likeness (QED) is 0.749. The van der Waals surface area contributed by atoms with Crippen LogP contribution in [0, 0.1) is 5.82 Å². The van der Waals surface area contributed by atoms with Gasteiger partial charge >= 0.3 is 0 Å². The normalized spacial score (nSPS) is 10.8. The highest BCUT2D eigenvalue weighted by Gasteiger charge is 2.10. The number of amides is 1. The predicted octanol–water partition coefficient (Wildman–Crippen LogP) is 4.62. The van der Waals surface area contributed by atoms with Crippen molar-refractivity contribution in [2.75, 3.05) is 0 Å². The zero-order valence-electron chi connectivity index (χ0n) is 10.9. The molecule has 0 unspecified atom stereocenters. The molecule has 1 N–H and O–H groups in total. The van der Waals surface area contributed by atoms with Gasteiger partial charge in [-0.15, -0.1) is 11.3 Å². The summed E-state index contributed by atoms with van der Waals surface area (Å²) in [7, 11) is 0. The van der Waals surface area contributed by atoms with Crippen molar-refractivity contribution in [3.05, 3.63) is 69.8 Å². The summed E-state index contributed by atoms with van der Waals surface area (Å²) < 4.78 is 14.0. The van der Waals surface area contributed by atoms with Gasteiger partial charge in [0.15, 0.2) is 0 Å². The second-order valence-electron chi connectivity index (χ2n) is 4.61. The van der Waals surface area contributed by atoms with Crippen LogP contribution >= 0.6 is 22.9 Å². The van der Waals surface area contributed by atoms with Crippen molar-refractivity contribution in [2.45, 2.75) is 6.54 Å². The second kappa shape index (κ2) is 5.84. The van der Waals surface area contributed by atoms with E-state index in [0.29, 0.717) is 16.4 Å². The van der Waals surface area contributed by atoms with Crippen molar-refractivity contribution in [1.29, 1.82) is 0 Å². The Kier molecular flexibility index (Phi) is 3.90. The first-order valence-corrected chi connectivity index (χ1v) is 7.53. The van der Waals surface area contributed by atoms with Crippen LogP contribution in [-0.2, 0) is 6.54 Å². The van der Waals surface area contributed by atoms with Crippen molar-refractivity contribution in [2.24, 2.45) is 0 Å². The van der Waals surface area contributed by atoms with Crippen molar-refractivity contribution in [3.63, 3.8) is 0 Å². The van der Waals surface area contributed by atoms with Gasteiger partial charge in [-0.2, -0.15) is 0 Å². The third kappa shape index (κ3) is 3.23. The lowest BCUT2D eigenvalue weighted by molar-refractivity contribution is 0.0955. The van der Waals surface area contributed by atoms with E-state index in [0.717, 1.165) is 15.6 Å². The van der Waals surface area contributed by atoms with Crippen LogP contribution in [0.3, 0.4) is 0 Å². The summed E-state index contributed by atoms with van der Waals surface area (Å²) in [5.41, 5.74) is 0.933. The van der Waals surface area contributed by atoms with Gasteiger partial charge in [0.2, 0.25) is 0 Å². The van der Waals surface area contributed by atoms with Crippen molar-refractivity contribution >= 4 is 38.9 Å². The monoisotopic (exact) mass is 319 g/mol. The second-order valence-corrected chi connectivity index (χ2v) is 6.13. The highest BCUT2D eigenvalue weighted by atomic mass is 35.5. The zero-order valence-corrected chi connectivity index (χ0v) is 12.5. The molecule has 106 valence electrons. The van der Waals surface area contributed by atoms with Crippen LogP contribution in [0.2, 0.25) is 5.02 Å². The van der Waals surface area contributed by atoms with E-state index in [4.69, 9.17) is 11.6 Å². The number of nitrogens with one attached hydrogen (secondary N) is 1. The number of rotatable bonds is 3. The van der Waals surface area contributed by atoms with E-state index >= 15 is 0 Å². The fourth-order valence-electron chi connectivity index (χ4n) is 2.04. The summed E-state index contributed by atoms with van der Waals surface area (Å²) in [6.07, 6.45) is 0. The summed E-state index contributed by atoms with van der Waals surface area (Å²) in [5, 5.41) is 4.22. The molecule has 5 heteroatoms. The smallest absolute Gasteiger partial charge is 0.261 e. The Morgan fingerprint density at radius 2 is 2.05 bits per heavy atom. The summed E-state index contributed by atoms with van der Waals surface area (Å²) in [4.78, 5) is 12.7. The largest absolute Gasteiger partial charge is 0.347 e. The molecule has 2 nitrogen and oxygen atoms in total. The molecule has 0 bridgehead atoms. The van der Waals surface area contributed by atoms with E-state index in [-0.39, 0.29) is 11.7 Å². The SMILES string of the molecule is O=C(NCc1cccc(Cl)c1)c1cc2cc(F)ccc2s1. The van der Waals surface area contributed by atoms with E-state index in [1.165, 1.54) is 23.5 Å². The van der Waals surface area contributed by atoms with E-state index in [1.807, 2.05) is 18.2 Å². The van der Waals surface area contributed by atoms with Gasteiger partial charge in [0.25, 0.3) is 5.91 Å². The molecule has 21 heavy (non-hydrogen) atoms. The molecule has 0 atom stereocenters. The highest BCUT2D eigenvalue weighted by molar-refractivity contribution is 7.20. The number of thiophene rings is 1. The maximum atomic E-state index is 13.1. The molecule has 1 heterocycles. The van der Waals surface area contributed by atoms with Crippen molar-refractivity contribution in [3.8, 4) is 0 Å². The Morgan fingerprint density at radius 3 is 2.86 bits per heavy atom. The Morgan fingerprint density at radius 1 is 1.19 bits per heavy atom. The number of hydrogen-bond acceptors (Lipinski definition) is 2. The molecule has 2 aromatic carbocycles. The van der Waals surface area contributed by atoms with Crippen LogP contribution in [0.4, 0.5) is 4.39 Å². The maximum Gasteiger partial charge on any atom is 0.261 e. The van der Waals surface area contributed by atoms with Gasteiger partial charge in [0, 0.05) is 16.3 Å². The molecule has 0 radical (unpaired) electrons. The number of hydrogen-bond donors (Lipinski definition) is 1. The minimum Gasteiger partial charge on any atom is -0.347 e. The highest BCUT2D eigenvalue weighted by Crippen LogP contribution is 2.26. The van der Waals surface area contributed by atoms with E-state index < -0.39 is 0 Å². The predicted molar refractivity (Wildman–Crippen MR) is 84.4 cm³/mol. The average Bonchev–Trinajstić information content (AvgIpc) is 2.88. The van der Waals surface area contributed by atoms with Gasteiger partial charge in [0.1, 0.15) is 5.82 Å². The van der Waals surface area contributed by atoms with E-state index in [9.17, 15) is 9.18 Å². The molecule has 1 amide bonds. The van der Waals surface area contributed by atoms with E-state index in [2.05, 4.69) is 5.32 Å². The summed E-state index contributed by atoms with van der Waals surface area (Å²) >= 11 is 7.25. The number of fused-ring (bicyclic) bond motifs is 1. The van der Waals surface area contributed by atoms with E-state index in [1.54, 1.807) is 18.2 Å². The Bertz CT molecular complexity index is 815. The maximum absolute atomic E-state index is 13.1. The van der Waals surface area contributed by atoms with Gasteiger partial charge in [-0.05, 0) is 47.3 Å². The van der Waals surface area contributed by atoms with Crippen molar-refractivity contribution in [1.82, 2.24) is 5.32 Å². The molecule has 0 fully saturated rings. The average molecular weight is 320 g/mol. The van der Waals surface area contributed by atoms with Crippen LogP contribution in [0.15, 0.2) is 48.5 Å². The molecule has 0 aliphatic carbocycles. The molecule has 0 aliphatic rings. The lowest BCUT2D eigenvalue weighted by Crippen LogP contribution is -2.21. The fourth-order valence-corrected chi connectivity index (χ4v) is 3.21. The Hall–Kier alpha value is -1.91. The summed E-state index contributed by atoms with van der Waals surface area (Å²) in [5.74, 6) is -0.470. The van der Waals surface area contributed by atoms with Crippen LogP contribution in [-0.4, -0.2) is 5.91 Å². The molecule has 3 rings (SSSR count). The first-order chi connectivity index (χ1) is 10.1. The number of halogens is 2. The van der Waals surface area contributed by atoms with Gasteiger partial charge < -0.3 is 5.32 Å². The molecule has 0 saturated heterocycles. The molecular weight excluding hydrogens is 309 g/mol. The lowest BCUT2D eigenvalue weighted by atomic mass is 10.2. The summed E-state index contributed by atoms with van der Waals surface area (Å²) in [6, 6.07) is 13.5. The minimum atomic E-state index is -0.300. The van der Waals surface area contributed by atoms with Crippen LogP contribution in [0.25, 0.3) is 10.1 Å². The molecule has 0 saturated carbocycles. The Balaban J connectivity index is 1.74. The molecule has 0 aliphatic heterocycles.